The van der Waals surface area contributed by atoms with Crippen molar-refractivity contribution in [2.75, 3.05) is 0 Å². The van der Waals surface area contributed by atoms with Crippen molar-refractivity contribution in [1.82, 2.24) is 0 Å². The van der Waals surface area contributed by atoms with Crippen LogP contribution in [0.25, 0.3) is 43.5 Å². The van der Waals surface area contributed by atoms with Gasteiger partial charge in [-0.05, 0) is 51.7 Å². The average Bonchev–Trinajstić information content (AvgIpc) is 3.00. The second-order valence-corrected chi connectivity index (χ2v) is 6.51. The Kier molecular flexibility index (Phi) is 2.90. The molecule has 5 rings (SSSR count). The molecular weight excluding hydrogens is 292 g/mol. The van der Waals surface area contributed by atoms with Gasteiger partial charge in [0.25, 0.3) is 0 Å². The smallest absolute Gasteiger partial charge is 0.138 e. The molecule has 0 saturated heterocycles. The Bertz CT molecular complexity index is 1210. The van der Waals surface area contributed by atoms with Crippen molar-refractivity contribution in [1.29, 1.82) is 0 Å². The van der Waals surface area contributed by atoms with Crippen molar-refractivity contribution in [3.63, 3.8) is 0 Å². The minimum Gasteiger partial charge on any atom is -0.456 e. The third-order valence-electron chi connectivity index (χ3n) is 4.95. The van der Waals surface area contributed by atoms with Crippen molar-refractivity contribution < 1.29 is 4.42 Å². The molecule has 0 bridgehead atoms. The van der Waals surface area contributed by atoms with Gasteiger partial charge in [0.2, 0.25) is 0 Å². The molecule has 1 heteroatoms. The van der Waals surface area contributed by atoms with Crippen LogP contribution in [-0.4, -0.2) is 0 Å². The van der Waals surface area contributed by atoms with Gasteiger partial charge in [-0.1, -0.05) is 61.9 Å². The van der Waals surface area contributed by atoms with E-state index in [9.17, 15) is 0 Å². The van der Waals surface area contributed by atoms with Crippen LogP contribution >= 0.6 is 0 Å². The van der Waals surface area contributed by atoms with Crippen LogP contribution in [0.3, 0.4) is 0 Å². The van der Waals surface area contributed by atoms with Gasteiger partial charge in [0.1, 0.15) is 11.2 Å². The van der Waals surface area contributed by atoms with E-state index in [-0.39, 0.29) is 0 Å². The average molecular weight is 310 g/mol. The van der Waals surface area contributed by atoms with E-state index in [1.807, 2.05) is 0 Å². The summed E-state index contributed by atoms with van der Waals surface area (Å²) in [6.07, 6.45) is 2.18. The molecule has 0 radical (unpaired) electrons. The summed E-state index contributed by atoms with van der Waals surface area (Å²) < 4.78 is 6.26. The third kappa shape index (κ3) is 1.88. The van der Waals surface area contributed by atoms with Crippen molar-refractivity contribution in [2.45, 2.75) is 19.8 Å². The summed E-state index contributed by atoms with van der Waals surface area (Å²) in [5.41, 5.74) is 3.34. The molecule has 24 heavy (non-hydrogen) atoms. The first-order valence-corrected chi connectivity index (χ1v) is 8.61. The van der Waals surface area contributed by atoms with E-state index in [1.54, 1.807) is 0 Å². The van der Waals surface area contributed by atoms with Crippen LogP contribution in [0.5, 0.6) is 0 Å². The maximum atomic E-state index is 6.26. The highest BCUT2D eigenvalue weighted by Gasteiger charge is 2.13. The monoisotopic (exact) mass is 310 g/mol. The molecule has 1 heterocycles. The first-order valence-electron chi connectivity index (χ1n) is 8.61. The summed E-state index contributed by atoms with van der Waals surface area (Å²) in [4.78, 5) is 0. The molecule has 0 aliphatic rings. The SMILES string of the molecule is CCCc1cccc2c1oc1ccc3cc4ccccc4cc3c12. The van der Waals surface area contributed by atoms with E-state index in [0.717, 1.165) is 24.0 Å². The Hall–Kier alpha value is -2.80. The number of rotatable bonds is 2. The summed E-state index contributed by atoms with van der Waals surface area (Å²) in [5.74, 6) is 0. The first-order chi connectivity index (χ1) is 11.8. The molecule has 1 nitrogen and oxygen atoms in total. The summed E-state index contributed by atoms with van der Waals surface area (Å²) in [5, 5.41) is 7.58. The van der Waals surface area contributed by atoms with Crippen LogP contribution < -0.4 is 0 Å². The Morgan fingerprint density at radius 1 is 0.750 bits per heavy atom. The Morgan fingerprint density at radius 3 is 2.42 bits per heavy atom. The number of fused-ring (bicyclic) bond motifs is 6. The summed E-state index contributed by atoms with van der Waals surface area (Å²) in [7, 11) is 0. The van der Waals surface area contributed by atoms with Crippen LogP contribution in [0.4, 0.5) is 0 Å². The molecule has 0 spiro atoms. The van der Waals surface area contributed by atoms with Crippen LogP contribution in [0.2, 0.25) is 0 Å². The maximum absolute atomic E-state index is 6.26. The van der Waals surface area contributed by atoms with E-state index in [4.69, 9.17) is 4.42 Å². The predicted molar refractivity (Wildman–Crippen MR) is 103 cm³/mol. The minimum atomic E-state index is 0.983. The molecule has 0 unspecified atom stereocenters. The summed E-state index contributed by atoms with van der Waals surface area (Å²) in [6.45, 7) is 2.21. The highest BCUT2D eigenvalue weighted by molar-refractivity contribution is 6.21. The van der Waals surface area contributed by atoms with Gasteiger partial charge in [0, 0.05) is 10.8 Å². The van der Waals surface area contributed by atoms with Crippen LogP contribution in [0.1, 0.15) is 18.9 Å². The fourth-order valence-corrected chi connectivity index (χ4v) is 3.84. The van der Waals surface area contributed by atoms with Gasteiger partial charge in [0.05, 0.1) is 0 Å². The Balaban J connectivity index is 1.97. The fraction of sp³-hybridized carbons (Fsp3) is 0.130. The highest BCUT2D eigenvalue weighted by Crippen LogP contribution is 2.37. The second-order valence-electron chi connectivity index (χ2n) is 6.51. The Labute approximate surface area is 140 Å². The molecule has 1 aromatic heterocycles. The summed E-state index contributed by atoms with van der Waals surface area (Å²) >= 11 is 0. The van der Waals surface area contributed by atoms with Crippen LogP contribution in [0, 0.1) is 0 Å². The molecule has 0 aliphatic carbocycles. The van der Waals surface area contributed by atoms with Crippen LogP contribution in [-0.2, 0) is 6.42 Å². The number of hydrogen-bond acceptors (Lipinski definition) is 1. The zero-order valence-electron chi connectivity index (χ0n) is 13.7. The fourth-order valence-electron chi connectivity index (χ4n) is 3.84. The van der Waals surface area contributed by atoms with Crippen LogP contribution in [0.15, 0.2) is 71.1 Å². The standard InChI is InChI=1S/C23H18O/c1-2-6-15-9-5-10-19-22-20-14-17-8-4-3-7-16(17)13-18(20)11-12-21(22)24-23(15)19/h3-5,7-14H,2,6H2,1H3. The highest BCUT2D eigenvalue weighted by atomic mass is 16.3. The minimum absolute atomic E-state index is 0.983. The van der Waals surface area contributed by atoms with E-state index < -0.39 is 0 Å². The van der Waals surface area contributed by atoms with E-state index in [2.05, 4.69) is 73.7 Å². The van der Waals surface area contributed by atoms with Crippen molar-refractivity contribution in [3.8, 4) is 0 Å². The van der Waals surface area contributed by atoms with E-state index in [0.29, 0.717) is 0 Å². The second kappa shape index (κ2) is 5.10. The molecule has 0 N–H and O–H groups in total. The van der Waals surface area contributed by atoms with Gasteiger partial charge in [-0.2, -0.15) is 0 Å². The molecule has 0 amide bonds. The van der Waals surface area contributed by atoms with Crippen molar-refractivity contribution in [2.24, 2.45) is 0 Å². The zero-order chi connectivity index (χ0) is 16.1. The topological polar surface area (TPSA) is 13.1 Å². The lowest BCUT2D eigenvalue weighted by atomic mass is 9.98. The number of benzene rings is 4. The van der Waals surface area contributed by atoms with Crippen molar-refractivity contribution >= 4 is 43.5 Å². The zero-order valence-corrected chi connectivity index (χ0v) is 13.7. The summed E-state index contributed by atoms with van der Waals surface area (Å²) in [6, 6.07) is 23.9. The number of para-hydroxylation sites is 1. The largest absolute Gasteiger partial charge is 0.456 e. The van der Waals surface area contributed by atoms with Gasteiger partial charge in [-0.3, -0.25) is 0 Å². The number of hydrogen-bond donors (Lipinski definition) is 0. The van der Waals surface area contributed by atoms with E-state index in [1.165, 1.54) is 37.9 Å². The molecule has 4 aromatic carbocycles. The Morgan fingerprint density at radius 2 is 1.58 bits per heavy atom. The number of furan rings is 1. The van der Waals surface area contributed by atoms with Crippen molar-refractivity contribution in [3.05, 3.63) is 72.3 Å². The normalized spacial score (nSPS) is 11.9. The molecule has 5 aromatic rings. The third-order valence-corrected chi connectivity index (χ3v) is 4.95. The molecular formula is C23H18O. The van der Waals surface area contributed by atoms with E-state index >= 15 is 0 Å². The maximum Gasteiger partial charge on any atom is 0.138 e. The number of aryl methyl sites for hydroxylation is 1. The molecule has 116 valence electrons. The van der Waals surface area contributed by atoms with Gasteiger partial charge >= 0.3 is 0 Å². The van der Waals surface area contributed by atoms with Gasteiger partial charge < -0.3 is 4.42 Å². The molecule has 0 saturated carbocycles. The van der Waals surface area contributed by atoms with Gasteiger partial charge in [-0.15, -0.1) is 0 Å². The first kappa shape index (κ1) is 13.6. The molecule has 0 aliphatic heterocycles. The lowest BCUT2D eigenvalue weighted by molar-refractivity contribution is 0.661. The van der Waals surface area contributed by atoms with Gasteiger partial charge in [-0.25, -0.2) is 0 Å². The lowest BCUT2D eigenvalue weighted by Crippen LogP contribution is -1.82. The molecule has 0 fully saturated rings. The molecule has 0 atom stereocenters. The van der Waals surface area contributed by atoms with Gasteiger partial charge in [0.15, 0.2) is 0 Å². The predicted octanol–water partition coefficient (Wildman–Crippen LogP) is 6.84. The lowest BCUT2D eigenvalue weighted by Gasteiger charge is -2.03. The quantitative estimate of drug-likeness (QED) is 0.325.